The Morgan fingerprint density at radius 2 is 2.05 bits per heavy atom. The molecule has 1 N–H and O–H groups in total. The van der Waals surface area contributed by atoms with E-state index in [1.54, 1.807) is 15.8 Å². The fourth-order valence-corrected chi connectivity index (χ4v) is 1.90. The minimum Gasteiger partial charge on any atom is -0.344 e. The van der Waals surface area contributed by atoms with Crippen molar-refractivity contribution in [2.45, 2.75) is 6.42 Å². The second-order valence-corrected chi connectivity index (χ2v) is 4.71. The van der Waals surface area contributed by atoms with Crippen LogP contribution in [0.4, 0.5) is 0 Å². The molecular weight excluding hydrogens is 288 g/mol. The maximum absolute atomic E-state index is 12.0. The Morgan fingerprint density at radius 1 is 1.33 bits per heavy atom. The van der Waals surface area contributed by atoms with Crippen LogP contribution in [0, 0.1) is 0 Å². The van der Waals surface area contributed by atoms with E-state index >= 15 is 0 Å². The van der Waals surface area contributed by atoms with Crippen molar-refractivity contribution in [1.29, 1.82) is 0 Å². The SMILES string of the molecule is CNCCN(C)C(=O)Cc1ccc(-n2cccn2)cc1.Cl. The van der Waals surface area contributed by atoms with E-state index in [-0.39, 0.29) is 18.3 Å². The molecular formula is C15H21ClN4O. The normalized spacial score (nSPS) is 10.0. The van der Waals surface area contributed by atoms with E-state index in [1.807, 2.05) is 50.6 Å². The first-order valence-corrected chi connectivity index (χ1v) is 6.68. The first-order chi connectivity index (χ1) is 9.70. The molecule has 0 spiro atoms. The number of nitrogens with one attached hydrogen (secondary N) is 1. The molecule has 1 aromatic carbocycles. The van der Waals surface area contributed by atoms with Gasteiger partial charge in [0.15, 0.2) is 0 Å². The number of rotatable bonds is 6. The number of halogens is 1. The molecule has 0 aliphatic carbocycles. The van der Waals surface area contributed by atoms with Crippen molar-refractivity contribution in [1.82, 2.24) is 20.0 Å². The Kier molecular flexibility index (Phi) is 6.91. The van der Waals surface area contributed by atoms with Crippen molar-refractivity contribution in [3.63, 3.8) is 0 Å². The fourth-order valence-electron chi connectivity index (χ4n) is 1.90. The lowest BCUT2D eigenvalue weighted by Crippen LogP contribution is -2.33. The Bertz CT molecular complexity index is 539. The summed E-state index contributed by atoms with van der Waals surface area (Å²) >= 11 is 0. The monoisotopic (exact) mass is 308 g/mol. The zero-order valence-corrected chi connectivity index (χ0v) is 13.1. The van der Waals surface area contributed by atoms with Crippen molar-refractivity contribution >= 4 is 18.3 Å². The zero-order chi connectivity index (χ0) is 14.4. The minimum atomic E-state index is 0. The zero-order valence-electron chi connectivity index (χ0n) is 12.3. The summed E-state index contributed by atoms with van der Waals surface area (Å²) < 4.78 is 1.80. The molecule has 0 bridgehead atoms. The number of amides is 1. The molecule has 1 aromatic heterocycles. The first kappa shape index (κ1) is 17.2. The van der Waals surface area contributed by atoms with Crippen molar-refractivity contribution in [2.24, 2.45) is 0 Å². The van der Waals surface area contributed by atoms with Crippen LogP contribution in [0.1, 0.15) is 5.56 Å². The van der Waals surface area contributed by atoms with Gasteiger partial charge in [0.25, 0.3) is 0 Å². The predicted octanol–water partition coefficient (Wildman–Crippen LogP) is 1.51. The van der Waals surface area contributed by atoms with E-state index in [0.29, 0.717) is 6.42 Å². The van der Waals surface area contributed by atoms with E-state index < -0.39 is 0 Å². The van der Waals surface area contributed by atoms with Gasteiger partial charge in [-0.1, -0.05) is 12.1 Å². The molecule has 0 fully saturated rings. The highest BCUT2D eigenvalue weighted by molar-refractivity contribution is 5.85. The molecule has 5 nitrogen and oxygen atoms in total. The quantitative estimate of drug-likeness (QED) is 0.880. The van der Waals surface area contributed by atoms with Gasteiger partial charge in [0, 0.05) is 32.5 Å². The van der Waals surface area contributed by atoms with Gasteiger partial charge in [-0.2, -0.15) is 5.10 Å². The van der Waals surface area contributed by atoms with E-state index in [4.69, 9.17) is 0 Å². The number of carbonyl (C=O) groups excluding carboxylic acids is 1. The lowest BCUT2D eigenvalue weighted by molar-refractivity contribution is -0.129. The standard InChI is InChI=1S/C15H20N4O.ClH/c1-16-9-11-18(2)15(20)12-13-4-6-14(7-5-13)19-10-3-8-17-19;/h3-8,10,16H,9,11-12H2,1-2H3;1H. The summed E-state index contributed by atoms with van der Waals surface area (Å²) in [6.45, 7) is 1.53. The molecule has 0 unspecified atom stereocenters. The Hall–Kier alpha value is -1.85. The number of benzene rings is 1. The second kappa shape index (κ2) is 8.44. The highest BCUT2D eigenvalue weighted by atomic mass is 35.5. The van der Waals surface area contributed by atoms with Crippen LogP contribution in [0.25, 0.3) is 5.69 Å². The van der Waals surface area contributed by atoms with Crippen LogP contribution in [0.5, 0.6) is 0 Å². The van der Waals surface area contributed by atoms with E-state index in [0.717, 1.165) is 24.3 Å². The van der Waals surface area contributed by atoms with Gasteiger partial charge in [-0.05, 0) is 30.8 Å². The van der Waals surface area contributed by atoms with Crippen LogP contribution < -0.4 is 5.32 Å². The van der Waals surface area contributed by atoms with E-state index in [9.17, 15) is 4.79 Å². The number of aromatic nitrogens is 2. The molecule has 21 heavy (non-hydrogen) atoms. The molecule has 0 aliphatic heterocycles. The summed E-state index contributed by atoms with van der Waals surface area (Å²) in [7, 11) is 3.71. The Labute approximate surface area is 131 Å². The number of nitrogens with zero attached hydrogens (tertiary/aromatic N) is 3. The maximum Gasteiger partial charge on any atom is 0.226 e. The average molecular weight is 309 g/mol. The number of hydrogen-bond donors (Lipinski definition) is 1. The number of likely N-dealkylation sites (N-methyl/N-ethyl adjacent to an activating group) is 2. The highest BCUT2D eigenvalue weighted by Crippen LogP contribution is 2.09. The molecule has 0 atom stereocenters. The van der Waals surface area contributed by atoms with Gasteiger partial charge in [0.1, 0.15) is 0 Å². The summed E-state index contributed by atoms with van der Waals surface area (Å²) in [5.74, 6) is 0.132. The highest BCUT2D eigenvalue weighted by Gasteiger charge is 2.09. The van der Waals surface area contributed by atoms with Gasteiger partial charge in [-0.25, -0.2) is 4.68 Å². The molecule has 114 valence electrons. The molecule has 0 radical (unpaired) electrons. The molecule has 0 saturated carbocycles. The molecule has 2 aromatic rings. The van der Waals surface area contributed by atoms with Gasteiger partial charge in [0.2, 0.25) is 5.91 Å². The van der Waals surface area contributed by atoms with Crippen LogP contribution in [0.3, 0.4) is 0 Å². The van der Waals surface area contributed by atoms with Crippen molar-refractivity contribution in [3.8, 4) is 5.69 Å². The molecule has 1 amide bonds. The lowest BCUT2D eigenvalue weighted by atomic mass is 10.1. The molecule has 0 saturated heterocycles. The molecule has 2 rings (SSSR count). The number of carbonyl (C=O) groups is 1. The van der Waals surface area contributed by atoms with Gasteiger partial charge in [-0.15, -0.1) is 12.4 Å². The molecule has 6 heteroatoms. The Morgan fingerprint density at radius 3 is 2.62 bits per heavy atom. The van der Waals surface area contributed by atoms with Crippen molar-refractivity contribution in [3.05, 3.63) is 48.3 Å². The van der Waals surface area contributed by atoms with Crippen LogP contribution in [-0.2, 0) is 11.2 Å². The lowest BCUT2D eigenvalue weighted by Gasteiger charge is -2.16. The van der Waals surface area contributed by atoms with Crippen molar-refractivity contribution in [2.75, 3.05) is 27.2 Å². The van der Waals surface area contributed by atoms with Crippen molar-refractivity contribution < 1.29 is 4.79 Å². The summed E-state index contributed by atoms with van der Waals surface area (Å²) in [6, 6.07) is 9.78. The second-order valence-electron chi connectivity index (χ2n) is 4.71. The predicted molar refractivity (Wildman–Crippen MR) is 86.1 cm³/mol. The summed E-state index contributed by atoms with van der Waals surface area (Å²) in [4.78, 5) is 13.8. The number of hydrogen-bond acceptors (Lipinski definition) is 3. The third-order valence-corrected chi connectivity index (χ3v) is 3.18. The maximum atomic E-state index is 12.0. The fraction of sp³-hybridized carbons (Fsp3) is 0.333. The van der Waals surface area contributed by atoms with Crippen LogP contribution in [0.15, 0.2) is 42.7 Å². The van der Waals surface area contributed by atoms with E-state index in [2.05, 4.69) is 10.4 Å². The van der Waals surface area contributed by atoms with Gasteiger partial charge in [-0.3, -0.25) is 4.79 Å². The molecule has 1 heterocycles. The first-order valence-electron chi connectivity index (χ1n) is 6.68. The minimum absolute atomic E-state index is 0. The van der Waals surface area contributed by atoms with E-state index in [1.165, 1.54) is 0 Å². The van der Waals surface area contributed by atoms with Gasteiger partial charge in [0.05, 0.1) is 12.1 Å². The third kappa shape index (κ3) is 4.88. The average Bonchev–Trinajstić information content (AvgIpc) is 2.99. The topological polar surface area (TPSA) is 50.2 Å². The summed E-state index contributed by atoms with van der Waals surface area (Å²) in [5.41, 5.74) is 2.01. The largest absolute Gasteiger partial charge is 0.344 e. The molecule has 0 aliphatic rings. The third-order valence-electron chi connectivity index (χ3n) is 3.18. The summed E-state index contributed by atoms with van der Waals surface area (Å²) in [6.07, 6.45) is 4.07. The van der Waals surface area contributed by atoms with Gasteiger partial charge < -0.3 is 10.2 Å². The van der Waals surface area contributed by atoms with Crippen LogP contribution >= 0.6 is 12.4 Å². The summed E-state index contributed by atoms with van der Waals surface area (Å²) in [5, 5.41) is 7.21. The van der Waals surface area contributed by atoms with Crippen LogP contribution in [0.2, 0.25) is 0 Å². The Balaban J connectivity index is 0.00000220. The van der Waals surface area contributed by atoms with Crippen LogP contribution in [-0.4, -0.2) is 47.8 Å². The smallest absolute Gasteiger partial charge is 0.226 e. The van der Waals surface area contributed by atoms with Gasteiger partial charge >= 0.3 is 0 Å².